The summed E-state index contributed by atoms with van der Waals surface area (Å²) in [6.45, 7) is 0.564. The maximum Gasteiger partial charge on any atom is 0.254 e. The number of amides is 2. The lowest BCUT2D eigenvalue weighted by atomic mass is 9.87. The van der Waals surface area contributed by atoms with Crippen molar-refractivity contribution in [1.82, 2.24) is 10.2 Å². The van der Waals surface area contributed by atoms with Crippen molar-refractivity contribution in [2.45, 2.75) is 37.8 Å². The monoisotopic (exact) mass is 364 g/mol. The summed E-state index contributed by atoms with van der Waals surface area (Å²) in [7, 11) is 1.66. The average molecular weight is 364 g/mol. The van der Waals surface area contributed by atoms with E-state index in [1.807, 2.05) is 48.5 Å². The summed E-state index contributed by atoms with van der Waals surface area (Å²) in [6, 6.07) is 15.4. The molecule has 1 aliphatic carbocycles. The molecule has 0 radical (unpaired) electrons. The number of hydrogen-bond donors (Lipinski definition) is 1. The topological polar surface area (TPSA) is 58.6 Å². The fourth-order valence-electron chi connectivity index (χ4n) is 4.40. The standard InChI is InChI=1S/C22H24N2O3/c1-27-19-11-5-4-10-18(19)22(12-6-7-13-22)23-20(25)15-24-14-16-8-2-3-9-17(16)21(24)26/h2-5,8-11H,6-7,12-15H2,1H3,(H,23,25). The molecule has 140 valence electrons. The highest BCUT2D eigenvalue weighted by Gasteiger charge is 2.40. The number of hydrogen-bond acceptors (Lipinski definition) is 3. The fraction of sp³-hybridized carbons (Fsp3) is 0.364. The Morgan fingerprint density at radius 1 is 1.11 bits per heavy atom. The van der Waals surface area contributed by atoms with Crippen molar-refractivity contribution in [1.29, 1.82) is 0 Å². The molecule has 0 saturated heterocycles. The molecule has 0 unspecified atom stereocenters. The van der Waals surface area contributed by atoms with Crippen LogP contribution in [0, 0.1) is 0 Å². The number of ether oxygens (including phenoxy) is 1. The minimum Gasteiger partial charge on any atom is -0.496 e. The molecule has 5 nitrogen and oxygen atoms in total. The number of nitrogens with one attached hydrogen (secondary N) is 1. The third-order valence-corrected chi connectivity index (χ3v) is 5.69. The van der Waals surface area contributed by atoms with Crippen molar-refractivity contribution in [3.8, 4) is 5.75 Å². The number of rotatable bonds is 5. The van der Waals surface area contributed by atoms with Gasteiger partial charge in [0.25, 0.3) is 5.91 Å². The number of fused-ring (bicyclic) bond motifs is 1. The van der Waals surface area contributed by atoms with Crippen LogP contribution < -0.4 is 10.1 Å². The molecular weight excluding hydrogens is 340 g/mol. The summed E-state index contributed by atoms with van der Waals surface area (Å²) >= 11 is 0. The summed E-state index contributed by atoms with van der Waals surface area (Å²) in [5.74, 6) is 0.604. The molecule has 2 aliphatic rings. The van der Waals surface area contributed by atoms with Crippen molar-refractivity contribution >= 4 is 11.8 Å². The molecule has 2 amide bonds. The smallest absolute Gasteiger partial charge is 0.254 e. The summed E-state index contributed by atoms with van der Waals surface area (Å²) in [5, 5.41) is 3.24. The van der Waals surface area contributed by atoms with E-state index in [2.05, 4.69) is 5.32 Å². The van der Waals surface area contributed by atoms with E-state index in [0.717, 1.165) is 42.6 Å². The summed E-state index contributed by atoms with van der Waals surface area (Å²) in [4.78, 5) is 27.0. The van der Waals surface area contributed by atoms with Crippen LogP contribution in [0.3, 0.4) is 0 Å². The van der Waals surface area contributed by atoms with Gasteiger partial charge in [-0.15, -0.1) is 0 Å². The van der Waals surface area contributed by atoms with E-state index in [9.17, 15) is 9.59 Å². The molecule has 0 bridgehead atoms. The lowest BCUT2D eigenvalue weighted by Crippen LogP contribution is -2.48. The lowest BCUT2D eigenvalue weighted by Gasteiger charge is -2.33. The van der Waals surface area contributed by atoms with E-state index in [4.69, 9.17) is 4.74 Å². The fourth-order valence-corrected chi connectivity index (χ4v) is 4.40. The summed E-state index contributed by atoms with van der Waals surface area (Å²) in [5.41, 5.74) is 2.29. The second-order valence-corrected chi connectivity index (χ2v) is 7.36. The minimum atomic E-state index is -0.417. The molecular formula is C22H24N2O3. The zero-order valence-electron chi connectivity index (χ0n) is 15.5. The second kappa shape index (κ2) is 7.06. The van der Waals surface area contributed by atoms with Crippen LogP contribution in [0.25, 0.3) is 0 Å². The SMILES string of the molecule is COc1ccccc1C1(NC(=O)CN2Cc3ccccc3C2=O)CCCC1. The summed E-state index contributed by atoms with van der Waals surface area (Å²) in [6.07, 6.45) is 3.89. The number of nitrogens with zero attached hydrogens (tertiary/aromatic N) is 1. The molecule has 0 spiro atoms. The maximum atomic E-state index is 12.9. The van der Waals surface area contributed by atoms with Crippen LogP contribution in [0.15, 0.2) is 48.5 Å². The molecule has 5 heteroatoms. The predicted molar refractivity (Wildman–Crippen MR) is 102 cm³/mol. The van der Waals surface area contributed by atoms with E-state index in [0.29, 0.717) is 12.1 Å². The van der Waals surface area contributed by atoms with Crippen molar-refractivity contribution in [3.63, 3.8) is 0 Å². The van der Waals surface area contributed by atoms with Gasteiger partial charge in [-0.2, -0.15) is 0 Å². The van der Waals surface area contributed by atoms with Gasteiger partial charge in [-0.05, 0) is 30.5 Å². The first-order valence-corrected chi connectivity index (χ1v) is 9.45. The molecule has 4 rings (SSSR count). The summed E-state index contributed by atoms with van der Waals surface area (Å²) < 4.78 is 5.54. The quantitative estimate of drug-likeness (QED) is 0.886. The first-order valence-electron chi connectivity index (χ1n) is 9.45. The van der Waals surface area contributed by atoms with E-state index >= 15 is 0 Å². The molecule has 27 heavy (non-hydrogen) atoms. The van der Waals surface area contributed by atoms with Crippen LogP contribution >= 0.6 is 0 Å². The van der Waals surface area contributed by atoms with Gasteiger partial charge in [0.2, 0.25) is 5.91 Å². The highest BCUT2D eigenvalue weighted by molar-refractivity contribution is 6.00. The zero-order chi connectivity index (χ0) is 18.9. The van der Waals surface area contributed by atoms with E-state index < -0.39 is 5.54 Å². The van der Waals surface area contributed by atoms with Gasteiger partial charge in [-0.3, -0.25) is 9.59 Å². The Kier molecular flexibility index (Phi) is 4.60. The van der Waals surface area contributed by atoms with Crippen LogP contribution in [0.4, 0.5) is 0 Å². The van der Waals surface area contributed by atoms with Crippen molar-refractivity contribution < 1.29 is 14.3 Å². The first-order chi connectivity index (χ1) is 13.1. The number of methoxy groups -OCH3 is 1. The van der Waals surface area contributed by atoms with E-state index in [1.165, 1.54) is 0 Å². The first kappa shape index (κ1) is 17.6. The Morgan fingerprint density at radius 3 is 2.56 bits per heavy atom. The van der Waals surface area contributed by atoms with Gasteiger partial charge in [0.05, 0.1) is 12.6 Å². The molecule has 1 N–H and O–H groups in total. The molecule has 0 aromatic heterocycles. The van der Waals surface area contributed by atoms with Gasteiger partial charge < -0.3 is 15.0 Å². The Bertz CT molecular complexity index is 871. The third kappa shape index (κ3) is 3.18. The molecule has 1 heterocycles. The number of benzene rings is 2. The normalized spacial score (nSPS) is 17.7. The predicted octanol–water partition coefficient (Wildman–Crippen LogP) is 3.24. The van der Waals surface area contributed by atoms with Crippen LogP contribution in [0.2, 0.25) is 0 Å². The van der Waals surface area contributed by atoms with Crippen molar-refractivity contribution in [2.75, 3.05) is 13.7 Å². The van der Waals surface area contributed by atoms with Crippen LogP contribution in [-0.2, 0) is 16.9 Å². The Labute approximate surface area is 159 Å². The maximum absolute atomic E-state index is 12.9. The molecule has 1 saturated carbocycles. The molecule has 2 aromatic carbocycles. The van der Waals surface area contributed by atoms with Crippen LogP contribution in [-0.4, -0.2) is 30.4 Å². The Balaban J connectivity index is 1.52. The highest BCUT2D eigenvalue weighted by atomic mass is 16.5. The Morgan fingerprint density at radius 2 is 1.81 bits per heavy atom. The zero-order valence-corrected chi connectivity index (χ0v) is 15.5. The van der Waals surface area contributed by atoms with Gasteiger partial charge >= 0.3 is 0 Å². The largest absolute Gasteiger partial charge is 0.496 e. The van der Waals surface area contributed by atoms with Crippen molar-refractivity contribution in [3.05, 3.63) is 65.2 Å². The number of para-hydroxylation sites is 1. The third-order valence-electron chi connectivity index (χ3n) is 5.69. The second-order valence-electron chi connectivity index (χ2n) is 7.36. The number of carbonyl (C=O) groups excluding carboxylic acids is 2. The molecule has 1 fully saturated rings. The van der Waals surface area contributed by atoms with Gasteiger partial charge in [0, 0.05) is 17.7 Å². The Hall–Kier alpha value is -2.82. The molecule has 1 aliphatic heterocycles. The van der Waals surface area contributed by atoms with E-state index in [1.54, 1.807) is 12.0 Å². The number of carbonyl (C=O) groups is 2. The van der Waals surface area contributed by atoms with Gasteiger partial charge in [-0.1, -0.05) is 49.2 Å². The van der Waals surface area contributed by atoms with Gasteiger partial charge in [-0.25, -0.2) is 0 Å². The lowest BCUT2D eigenvalue weighted by molar-refractivity contribution is -0.123. The molecule has 0 atom stereocenters. The van der Waals surface area contributed by atoms with Crippen LogP contribution in [0.5, 0.6) is 5.75 Å². The average Bonchev–Trinajstić information content (AvgIpc) is 3.28. The highest BCUT2D eigenvalue weighted by Crippen LogP contribution is 2.42. The van der Waals surface area contributed by atoms with Crippen LogP contribution in [0.1, 0.15) is 47.2 Å². The van der Waals surface area contributed by atoms with E-state index in [-0.39, 0.29) is 18.4 Å². The van der Waals surface area contributed by atoms with Gasteiger partial charge in [0.15, 0.2) is 0 Å². The minimum absolute atomic E-state index is 0.0708. The van der Waals surface area contributed by atoms with Gasteiger partial charge in [0.1, 0.15) is 12.3 Å². The molecule has 2 aromatic rings. The van der Waals surface area contributed by atoms with Crippen molar-refractivity contribution in [2.24, 2.45) is 0 Å².